The van der Waals surface area contributed by atoms with Gasteiger partial charge < -0.3 is 25.4 Å². The highest BCUT2D eigenvalue weighted by molar-refractivity contribution is 8.00. The van der Waals surface area contributed by atoms with E-state index in [-0.39, 0.29) is 11.6 Å². The van der Waals surface area contributed by atoms with E-state index in [1.54, 1.807) is 97.9 Å². The van der Waals surface area contributed by atoms with Crippen molar-refractivity contribution in [1.29, 1.82) is 0 Å². The first-order valence-electron chi connectivity index (χ1n) is 13.3. The number of methoxy groups -OCH3 is 2. The van der Waals surface area contributed by atoms with Crippen molar-refractivity contribution in [3.05, 3.63) is 118 Å². The van der Waals surface area contributed by atoms with Crippen LogP contribution in [0.4, 0.5) is 11.4 Å². The minimum Gasteiger partial charge on any atom is -0.495 e. The molecular weight excluding hydrogens is 621 g/mol. The van der Waals surface area contributed by atoms with Crippen LogP contribution in [-0.4, -0.2) is 37.2 Å². The summed E-state index contributed by atoms with van der Waals surface area (Å²) >= 11 is 13.5. The van der Waals surface area contributed by atoms with E-state index >= 15 is 0 Å². The molecule has 0 spiro atoms. The number of benzene rings is 4. The van der Waals surface area contributed by atoms with Crippen molar-refractivity contribution in [2.24, 2.45) is 0 Å². The summed E-state index contributed by atoms with van der Waals surface area (Å²) in [5.41, 5.74) is 2.01. The highest BCUT2D eigenvalue weighted by Crippen LogP contribution is 2.36. The summed E-state index contributed by atoms with van der Waals surface area (Å²) in [5, 5.41) is 8.76. The third kappa shape index (κ3) is 8.79. The molecule has 0 radical (unpaired) electrons. The van der Waals surface area contributed by atoms with Gasteiger partial charge in [-0.3, -0.25) is 14.4 Å². The topological polar surface area (TPSA) is 106 Å². The molecule has 0 saturated carbocycles. The molecule has 226 valence electrons. The molecule has 0 fully saturated rings. The lowest BCUT2D eigenvalue weighted by molar-refractivity contribution is -0.115. The van der Waals surface area contributed by atoms with Crippen LogP contribution >= 0.6 is 35.0 Å². The van der Waals surface area contributed by atoms with Crippen LogP contribution in [0.5, 0.6) is 11.5 Å². The van der Waals surface area contributed by atoms with Gasteiger partial charge in [0.05, 0.1) is 30.2 Å². The minimum absolute atomic E-state index is 0.0408. The SMILES string of the molecule is COc1cc(OC)c(NC(=O)C(C)Sc2cccc(NC(=O)/C(=C\c3ccc(Cl)cc3)NC(=O)c3ccccc3)c2)cc1Cl. The molecule has 44 heavy (non-hydrogen) atoms. The molecule has 4 aromatic rings. The van der Waals surface area contributed by atoms with Crippen molar-refractivity contribution in [3.63, 3.8) is 0 Å². The summed E-state index contributed by atoms with van der Waals surface area (Å²) < 4.78 is 10.6. The lowest BCUT2D eigenvalue weighted by Gasteiger charge is -2.16. The van der Waals surface area contributed by atoms with E-state index in [1.165, 1.54) is 26.0 Å². The van der Waals surface area contributed by atoms with Gasteiger partial charge >= 0.3 is 0 Å². The maximum absolute atomic E-state index is 13.4. The molecule has 0 aromatic heterocycles. The highest BCUT2D eigenvalue weighted by Gasteiger charge is 2.19. The number of hydrogen-bond donors (Lipinski definition) is 3. The van der Waals surface area contributed by atoms with Gasteiger partial charge in [0.2, 0.25) is 5.91 Å². The summed E-state index contributed by atoms with van der Waals surface area (Å²) in [7, 11) is 2.98. The fraction of sp³-hybridized carbons (Fsp3) is 0.121. The van der Waals surface area contributed by atoms with E-state index < -0.39 is 17.1 Å². The van der Waals surface area contributed by atoms with Gasteiger partial charge in [0.15, 0.2) is 0 Å². The molecule has 1 unspecified atom stereocenters. The molecule has 0 bridgehead atoms. The van der Waals surface area contributed by atoms with E-state index in [0.29, 0.717) is 44.0 Å². The summed E-state index contributed by atoms with van der Waals surface area (Å²) in [6, 6.07) is 25.7. The van der Waals surface area contributed by atoms with E-state index in [0.717, 1.165) is 4.90 Å². The molecule has 0 aliphatic heterocycles. The smallest absolute Gasteiger partial charge is 0.272 e. The number of thioether (sulfide) groups is 1. The third-order valence-corrected chi connectivity index (χ3v) is 7.86. The molecule has 3 N–H and O–H groups in total. The number of carbonyl (C=O) groups is 3. The van der Waals surface area contributed by atoms with Crippen LogP contribution in [0, 0.1) is 0 Å². The Morgan fingerprint density at radius 3 is 2.20 bits per heavy atom. The van der Waals surface area contributed by atoms with Gasteiger partial charge in [-0.2, -0.15) is 0 Å². The van der Waals surface area contributed by atoms with Crippen molar-refractivity contribution in [2.45, 2.75) is 17.1 Å². The number of halogens is 2. The zero-order valence-electron chi connectivity index (χ0n) is 24.0. The minimum atomic E-state index is -0.527. The van der Waals surface area contributed by atoms with Crippen LogP contribution < -0.4 is 25.4 Å². The fourth-order valence-electron chi connectivity index (χ4n) is 3.96. The monoisotopic (exact) mass is 649 g/mol. The Morgan fingerprint density at radius 2 is 1.52 bits per heavy atom. The van der Waals surface area contributed by atoms with Gasteiger partial charge in [0.25, 0.3) is 11.8 Å². The van der Waals surface area contributed by atoms with Crippen LogP contribution in [-0.2, 0) is 9.59 Å². The molecule has 0 heterocycles. The second-order valence-electron chi connectivity index (χ2n) is 9.35. The third-order valence-electron chi connectivity index (χ3n) is 6.22. The Hall–Kier alpha value is -4.44. The highest BCUT2D eigenvalue weighted by atomic mass is 35.5. The van der Waals surface area contributed by atoms with Crippen LogP contribution in [0.1, 0.15) is 22.8 Å². The number of hydrogen-bond acceptors (Lipinski definition) is 6. The zero-order chi connectivity index (χ0) is 31.6. The lowest BCUT2D eigenvalue weighted by atomic mass is 10.1. The molecule has 1 atom stereocenters. The Kier molecular flexibility index (Phi) is 11.3. The van der Waals surface area contributed by atoms with Crippen LogP contribution in [0.25, 0.3) is 6.08 Å². The summed E-state index contributed by atoms with van der Waals surface area (Å²) in [5.74, 6) is -0.404. The second kappa shape index (κ2) is 15.3. The molecule has 0 aliphatic carbocycles. The first-order valence-corrected chi connectivity index (χ1v) is 14.9. The Labute approximate surface area is 269 Å². The number of nitrogens with one attached hydrogen (secondary N) is 3. The van der Waals surface area contributed by atoms with E-state index in [2.05, 4.69) is 16.0 Å². The van der Waals surface area contributed by atoms with Crippen molar-refractivity contribution in [2.75, 3.05) is 24.9 Å². The molecule has 11 heteroatoms. The van der Waals surface area contributed by atoms with Crippen molar-refractivity contribution in [3.8, 4) is 11.5 Å². The largest absolute Gasteiger partial charge is 0.495 e. The normalized spacial score (nSPS) is 11.7. The van der Waals surface area contributed by atoms with E-state index in [9.17, 15) is 14.4 Å². The van der Waals surface area contributed by atoms with Crippen molar-refractivity contribution >= 4 is 70.1 Å². The summed E-state index contributed by atoms with van der Waals surface area (Å²) in [6.07, 6.45) is 1.57. The number of anilines is 2. The summed E-state index contributed by atoms with van der Waals surface area (Å²) in [4.78, 5) is 40.1. The van der Waals surface area contributed by atoms with Crippen molar-refractivity contribution in [1.82, 2.24) is 5.32 Å². The fourth-order valence-corrected chi connectivity index (χ4v) is 5.26. The second-order valence-corrected chi connectivity index (χ2v) is 11.6. The van der Waals surface area contributed by atoms with E-state index in [4.69, 9.17) is 32.7 Å². The maximum atomic E-state index is 13.4. The lowest BCUT2D eigenvalue weighted by Crippen LogP contribution is -2.30. The van der Waals surface area contributed by atoms with Gasteiger partial charge in [-0.15, -0.1) is 11.8 Å². The Balaban J connectivity index is 1.48. The van der Waals surface area contributed by atoms with Gasteiger partial charge in [-0.05, 0) is 67.1 Å². The van der Waals surface area contributed by atoms with Gasteiger partial charge in [-0.25, -0.2) is 0 Å². The average Bonchev–Trinajstić information content (AvgIpc) is 3.02. The number of carbonyl (C=O) groups excluding carboxylic acids is 3. The van der Waals surface area contributed by atoms with Crippen LogP contribution in [0.15, 0.2) is 102 Å². The molecule has 4 rings (SSSR count). The number of amides is 3. The van der Waals surface area contributed by atoms with Crippen LogP contribution in [0.3, 0.4) is 0 Å². The molecule has 8 nitrogen and oxygen atoms in total. The number of ether oxygens (including phenoxy) is 2. The predicted octanol–water partition coefficient (Wildman–Crippen LogP) is 7.54. The maximum Gasteiger partial charge on any atom is 0.272 e. The molecule has 3 amide bonds. The van der Waals surface area contributed by atoms with Crippen molar-refractivity contribution < 1.29 is 23.9 Å². The predicted molar refractivity (Wildman–Crippen MR) is 177 cm³/mol. The molecular formula is C33H29Cl2N3O5S. The quantitative estimate of drug-likeness (QED) is 0.114. The molecule has 4 aromatic carbocycles. The number of rotatable bonds is 11. The van der Waals surface area contributed by atoms with Gasteiger partial charge in [0.1, 0.15) is 17.2 Å². The van der Waals surface area contributed by atoms with Gasteiger partial charge in [-0.1, -0.05) is 59.6 Å². The average molecular weight is 651 g/mol. The molecule has 0 saturated heterocycles. The Morgan fingerprint density at radius 1 is 0.818 bits per heavy atom. The van der Waals surface area contributed by atoms with E-state index in [1.807, 2.05) is 6.07 Å². The van der Waals surface area contributed by atoms with Crippen LogP contribution in [0.2, 0.25) is 10.0 Å². The zero-order valence-corrected chi connectivity index (χ0v) is 26.3. The first kappa shape index (κ1) is 32.5. The Bertz CT molecular complexity index is 1680. The molecule has 0 aliphatic rings. The first-order chi connectivity index (χ1) is 21.2. The standard InChI is InChI=1S/C33H29Cl2N3O5S/c1-20(31(39)37-27-18-26(35)29(42-2)19-30(27)43-3)44-25-11-7-10-24(17-25)36-33(41)28(16-21-12-14-23(34)15-13-21)38-32(40)22-8-5-4-6-9-22/h4-20H,1-3H3,(H,36,41)(H,37,39)(H,38,40)/b28-16+. The van der Waals surface area contributed by atoms with Gasteiger partial charge in [0, 0.05) is 27.2 Å². The summed E-state index contributed by atoms with van der Waals surface area (Å²) in [6.45, 7) is 1.76.